The van der Waals surface area contributed by atoms with Gasteiger partial charge in [-0.05, 0) is 12.1 Å². The molecule has 5 heteroatoms. The smallest absolute Gasteiger partial charge is 0.308 e. The Morgan fingerprint density at radius 1 is 1.07 bits per heavy atom. The molecule has 0 atom stereocenters. The summed E-state index contributed by atoms with van der Waals surface area (Å²) in [4.78, 5) is 21.3. The minimum atomic E-state index is -0.605. The van der Waals surface area contributed by atoms with E-state index < -0.39 is 17.7 Å². The molecule has 1 aromatic rings. The third kappa shape index (κ3) is 3.30. The Hall–Kier alpha value is -2.04. The molecule has 79 valence electrons. The first kappa shape index (κ1) is 11.0. The number of carbonyl (C=O) groups is 2. The molecule has 0 N–H and O–H groups in total. The fourth-order valence-corrected chi connectivity index (χ4v) is 0.952. The Bertz CT molecular complexity index is 397. The predicted octanol–water partition coefficient (Wildman–Crippen LogP) is 1.68. The normalized spacial score (nSPS) is 9.47. The molecule has 0 saturated heterocycles. The van der Waals surface area contributed by atoms with Crippen molar-refractivity contribution in [3.63, 3.8) is 0 Å². The number of carbonyl (C=O) groups excluding carboxylic acids is 2. The van der Waals surface area contributed by atoms with Gasteiger partial charge >= 0.3 is 11.9 Å². The maximum atomic E-state index is 11.2. The molecular weight excluding hydrogens is 200 g/mol. The van der Waals surface area contributed by atoms with Crippen molar-refractivity contribution >= 4 is 11.9 Å². The van der Waals surface area contributed by atoms with Crippen molar-refractivity contribution in [2.24, 2.45) is 0 Å². The molecule has 1 aromatic carbocycles. The number of rotatable bonds is 2. The van der Waals surface area contributed by atoms with E-state index in [0.29, 0.717) is 0 Å². The molecule has 0 aliphatic rings. The molecule has 0 fully saturated rings. The number of hydrogen-bond donors (Lipinski definition) is 0. The molecule has 1 radical (unpaired) electrons. The number of ether oxygens (including phenoxy) is 2. The van der Waals surface area contributed by atoms with Crippen LogP contribution in [0.25, 0.3) is 0 Å². The van der Waals surface area contributed by atoms with Gasteiger partial charge in [-0.15, -0.1) is 0 Å². The van der Waals surface area contributed by atoms with E-state index in [-0.39, 0.29) is 11.5 Å². The fourth-order valence-electron chi connectivity index (χ4n) is 0.952. The van der Waals surface area contributed by atoms with E-state index in [1.807, 2.05) is 0 Å². The lowest BCUT2D eigenvalue weighted by molar-refractivity contribution is -0.132. The molecule has 0 aliphatic carbocycles. The predicted molar refractivity (Wildman–Crippen MR) is 49.2 cm³/mol. The third-order valence-electron chi connectivity index (χ3n) is 1.43. The Balaban J connectivity index is 2.94. The Kier molecular flexibility index (Phi) is 3.28. The van der Waals surface area contributed by atoms with E-state index >= 15 is 0 Å². The van der Waals surface area contributed by atoms with Crippen LogP contribution in [0.5, 0.6) is 17.2 Å². The second-order valence-corrected chi connectivity index (χ2v) is 2.80. The monoisotopic (exact) mass is 209 g/mol. The summed E-state index contributed by atoms with van der Waals surface area (Å²) < 4.78 is 9.35. The van der Waals surface area contributed by atoms with Crippen LogP contribution in [0.2, 0.25) is 0 Å². The third-order valence-corrected chi connectivity index (χ3v) is 1.43. The van der Waals surface area contributed by atoms with Crippen LogP contribution in [0.15, 0.2) is 18.2 Å². The lowest BCUT2D eigenvalue weighted by Crippen LogP contribution is -2.04. The molecule has 0 heterocycles. The van der Waals surface area contributed by atoms with E-state index in [0.717, 1.165) is 6.07 Å². The highest BCUT2D eigenvalue weighted by Gasteiger charge is 2.09. The minimum Gasteiger partial charge on any atom is -0.427 e. The molecule has 5 nitrogen and oxygen atoms in total. The van der Waals surface area contributed by atoms with Gasteiger partial charge in [0.15, 0.2) is 5.75 Å². The van der Waals surface area contributed by atoms with E-state index in [1.165, 1.54) is 26.0 Å². The summed E-state index contributed by atoms with van der Waals surface area (Å²) >= 11 is 0. The highest BCUT2D eigenvalue weighted by Crippen LogP contribution is 2.30. The number of benzene rings is 1. The van der Waals surface area contributed by atoms with Crippen LogP contribution in [-0.4, -0.2) is 11.9 Å². The van der Waals surface area contributed by atoms with Crippen molar-refractivity contribution < 1.29 is 24.2 Å². The van der Waals surface area contributed by atoms with E-state index in [9.17, 15) is 14.7 Å². The first-order chi connectivity index (χ1) is 6.99. The standard InChI is InChI=1S/C10H9O5/c1-6(11)14-8-3-4-9(13)10(5-8)15-7(2)12/h3-5H,1-2H3. The van der Waals surface area contributed by atoms with E-state index in [1.54, 1.807) is 0 Å². The maximum Gasteiger partial charge on any atom is 0.308 e. The molecule has 15 heavy (non-hydrogen) atoms. The Morgan fingerprint density at radius 2 is 1.67 bits per heavy atom. The van der Waals surface area contributed by atoms with Crippen molar-refractivity contribution in [3.8, 4) is 17.2 Å². The first-order valence-corrected chi connectivity index (χ1v) is 4.17. The van der Waals surface area contributed by atoms with Gasteiger partial charge in [-0.25, -0.2) is 0 Å². The van der Waals surface area contributed by atoms with Gasteiger partial charge in [0.2, 0.25) is 5.75 Å². The van der Waals surface area contributed by atoms with Gasteiger partial charge in [-0.3, -0.25) is 14.7 Å². The van der Waals surface area contributed by atoms with Crippen molar-refractivity contribution in [1.29, 1.82) is 0 Å². The van der Waals surface area contributed by atoms with Crippen molar-refractivity contribution in [2.75, 3.05) is 0 Å². The zero-order valence-electron chi connectivity index (χ0n) is 8.27. The van der Waals surface area contributed by atoms with Crippen molar-refractivity contribution in [2.45, 2.75) is 13.8 Å². The SMILES string of the molecule is CC(=O)Oc1ccc([O])c(OC(C)=O)c1. The van der Waals surface area contributed by atoms with Gasteiger partial charge in [0.05, 0.1) is 0 Å². The summed E-state index contributed by atoms with van der Waals surface area (Å²) in [5, 5.41) is 11.2. The summed E-state index contributed by atoms with van der Waals surface area (Å²) in [6.07, 6.45) is 0. The fraction of sp³-hybridized carbons (Fsp3) is 0.200. The van der Waals surface area contributed by atoms with Gasteiger partial charge < -0.3 is 9.47 Å². The molecule has 0 aliphatic heterocycles. The average Bonchev–Trinajstić information content (AvgIpc) is 2.09. The van der Waals surface area contributed by atoms with Crippen LogP contribution < -0.4 is 9.47 Å². The van der Waals surface area contributed by atoms with E-state index in [2.05, 4.69) is 4.74 Å². The van der Waals surface area contributed by atoms with Crippen molar-refractivity contribution in [3.05, 3.63) is 18.2 Å². The van der Waals surface area contributed by atoms with E-state index in [4.69, 9.17) is 4.74 Å². The average molecular weight is 209 g/mol. The highest BCUT2D eigenvalue weighted by molar-refractivity contribution is 5.72. The van der Waals surface area contributed by atoms with Crippen molar-refractivity contribution in [1.82, 2.24) is 0 Å². The quantitative estimate of drug-likeness (QED) is 0.548. The molecule has 0 amide bonds. The van der Waals surface area contributed by atoms with Crippen LogP contribution in [0, 0.1) is 0 Å². The molecule has 0 spiro atoms. The second kappa shape index (κ2) is 4.45. The first-order valence-electron chi connectivity index (χ1n) is 4.17. The maximum absolute atomic E-state index is 11.2. The zero-order valence-corrected chi connectivity index (χ0v) is 8.27. The summed E-state index contributed by atoms with van der Waals surface area (Å²) in [6.45, 7) is 2.41. The largest absolute Gasteiger partial charge is 0.427 e. The second-order valence-electron chi connectivity index (χ2n) is 2.80. The molecule has 0 bridgehead atoms. The lowest BCUT2D eigenvalue weighted by atomic mass is 10.3. The summed E-state index contributed by atoms with van der Waals surface area (Å²) in [6, 6.07) is 3.69. The molecular formula is C10H9O5. The van der Waals surface area contributed by atoms with Gasteiger partial charge in [0.25, 0.3) is 0 Å². The van der Waals surface area contributed by atoms with Crippen LogP contribution >= 0.6 is 0 Å². The molecule has 0 unspecified atom stereocenters. The minimum absolute atomic E-state index is 0.152. The summed E-state index contributed by atoms with van der Waals surface area (Å²) in [5.74, 6) is -1.55. The Labute approximate surface area is 86.2 Å². The van der Waals surface area contributed by atoms with Gasteiger partial charge in [-0.1, -0.05) is 0 Å². The topological polar surface area (TPSA) is 72.5 Å². The number of esters is 2. The molecule has 0 saturated carbocycles. The van der Waals surface area contributed by atoms with Crippen LogP contribution in [0.1, 0.15) is 13.8 Å². The van der Waals surface area contributed by atoms with Gasteiger partial charge in [0, 0.05) is 19.9 Å². The van der Waals surface area contributed by atoms with Gasteiger partial charge in [0.1, 0.15) is 5.75 Å². The molecule has 1 rings (SSSR count). The highest BCUT2D eigenvalue weighted by atomic mass is 16.5. The zero-order chi connectivity index (χ0) is 11.4. The number of hydrogen-bond acceptors (Lipinski definition) is 4. The molecule has 0 aromatic heterocycles. The lowest BCUT2D eigenvalue weighted by Gasteiger charge is -2.05. The Morgan fingerprint density at radius 3 is 2.20 bits per heavy atom. The van der Waals surface area contributed by atoms with Crippen LogP contribution in [0.4, 0.5) is 0 Å². The van der Waals surface area contributed by atoms with Crippen LogP contribution in [-0.2, 0) is 14.7 Å². The van der Waals surface area contributed by atoms with Crippen LogP contribution in [0.3, 0.4) is 0 Å². The van der Waals surface area contributed by atoms with Gasteiger partial charge in [-0.2, -0.15) is 0 Å². The summed E-state index contributed by atoms with van der Waals surface area (Å²) in [5.41, 5.74) is 0. The summed E-state index contributed by atoms with van der Waals surface area (Å²) in [7, 11) is 0.